The summed E-state index contributed by atoms with van der Waals surface area (Å²) >= 11 is 5.83. The molecule has 102 valence electrons. The van der Waals surface area contributed by atoms with Crippen molar-refractivity contribution in [3.63, 3.8) is 0 Å². The van der Waals surface area contributed by atoms with E-state index in [1.54, 1.807) is 25.1 Å². The second-order valence-corrected chi connectivity index (χ2v) is 7.31. The molecule has 1 N–H and O–H groups in total. The third-order valence-electron chi connectivity index (χ3n) is 2.89. The van der Waals surface area contributed by atoms with Gasteiger partial charge in [0.1, 0.15) is 0 Å². The molecule has 2 unspecified atom stereocenters. The maximum absolute atomic E-state index is 12.3. The van der Waals surface area contributed by atoms with Crippen LogP contribution >= 0.6 is 11.6 Å². The molecule has 0 aliphatic heterocycles. The standard InChI is InChI=1S/C13H20ClNO2S/c1-4-15-10(2)8-11(3)18(16,17)13-7-5-6-12(14)9-13/h5-7,9-11,15H,4,8H2,1-3H3. The number of halogens is 1. The van der Waals surface area contributed by atoms with E-state index >= 15 is 0 Å². The first-order valence-electron chi connectivity index (χ1n) is 6.10. The average Bonchev–Trinajstić information content (AvgIpc) is 2.29. The summed E-state index contributed by atoms with van der Waals surface area (Å²) < 4.78 is 24.7. The van der Waals surface area contributed by atoms with Crippen LogP contribution in [0.2, 0.25) is 5.02 Å². The predicted octanol–water partition coefficient (Wildman–Crippen LogP) is 2.89. The van der Waals surface area contributed by atoms with Crippen LogP contribution in [0.5, 0.6) is 0 Å². The van der Waals surface area contributed by atoms with Crippen molar-refractivity contribution in [3.05, 3.63) is 29.3 Å². The number of benzene rings is 1. The highest BCUT2D eigenvalue weighted by atomic mass is 35.5. The maximum Gasteiger partial charge on any atom is 0.181 e. The van der Waals surface area contributed by atoms with Crippen LogP contribution in [0.4, 0.5) is 0 Å². The van der Waals surface area contributed by atoms with Crippen molar-refractivity contribution in [1.82, 2.24) is 5.32 Å². The van der Waals surface area contributed by atoms with Gasteiger partial charge in [0.25, 0.3) is 0 Å². The molecular weight excluding hydrogens is 270 g/mol. The van der Waals surface area contributed by atoms with E-state index in [-0.39, 0.29) is 6.04 Å². The third kappa shape index (κ3) is 3.97. The van der Waals surface area contributed by atoms with Gasteiger partial charge in [0.05, 0.1) is 10.1 Å². The van der Waals surface area contributed by atoms with Crippen LogP contribution in [0.15, 0.2) is 29.2 Å². The first-order valence-corrected chi connectivity index (χ1v) is 8.03. The Bertz CT molecular complexity index is 488. The van der Waals surface area contributed by atoms with Crippen LogP contribution in [-0.4, -0.2) is 26.3 Å². The Hall–Kier alpha value is -0.580. The lowest BCUT2D eigenvalue weighted by molar-refractivity contribution is 0.509. The fourth-order valence-electron chi connectivity index (χ4n) is 1.93. The molecule has 0 spiro atoms. The molecule has 1 rings (SSSR count). The summed E-state index contributed by atoms with van der Waals surface area (Å²) in [5.41, 5.74) is 0. The van der Waals surface area contributed by atoms with Gasteiger partial charge in [0, 0.05) is 11.1 Å². The summed E-state index contributed by atoms with van der Waals surface area (Å²) in [6, 6.07) is 6.61. The van der Waals surface area contributed by atoms with Crippen molar-refractivity contribution >= 4 is 21.4 Å². The molecule has 1 aromatic carbocycles. The van der Waals surface area contributed by atoms with Gasteiger partial charge in [-0.25, -0.2) is 8.42 Å². The number of sulfone groups is 1. The Morgan fingerprint density at radius 3 is 2.56 bits per heavy atom. The van der Waals surface area contributed by atoms with Crippen LogP contribution in [0, 0.1) is 0 Å². The van der Waals surface area contributed by atoms with Gasteiger partial charge in [-0.2, -0.15) is 0 Å². The largest absolute Gasteiger partial charge is 0.314 e. The lowest BCUT2D eigenvalue weighted by atomic mass is 10.2. The fourth-order valence-corrected chi connectivity index (χ4v) is 3.75. The SMILES string of the molecule is CCNC(C)CC(C)S(=O)(=O)c1cccc(Cl)c1. The molecule has 0 bridgehead atoms. The van der Waals surface area contributed by atoms with Gasteiger partial charge < -0.3 is 5.32 Å². The molecule has 1 aromatic rings. The van der Waals surface area contributed by atoms with Gasteiger partial charge in [-0.1, -0.05) is 24.6 Å². The molecule has 0 aliphatic rings. The van der Waals surface area contributed by atoms with Crippen molar-refractivity contribution in [2.75, 3.05) is 6.54 Å². The molecule has 3 nitrogen and oxygen atoms in total. The van der Waals surface area contributed by atoms with E-state index in [0.717, 1.165) is 6.54 Å². The molecule has 0 aromatic heterocycles. The molecule has 0 saturated heterocycles. The zero-order valence-electron chi connectivity index (χ0n) is 11.0. The normalized spacial score (nSPS) is 15.3. The molecule has 5 heteroatoms. The number of nitrogens with one attached hydrogen (secondary N) is 1. The van der Waals surface area contributed by atoms with Gasteiger partial charge in [-0.05, 0) is 45.0 Å². The van der Waals surface area contributed by atoms with E-state index in [1.807, 2.05) is 13.8 Å². The molecule has 0 fully saturated rings. The molecular formula is C13H20ClNO2S. The summed E-state index contributed by atoms with van der Waals surface area (Å²) in [6.45, 7) is 6.58. The second kappa shape index (κ2) is 6.55. The molecule has 18 heavy (non-hydrogen) atoms. The molecule has 0 heterocycles. The number of hydrogen-bond donors (Lipinski definition) is 1. The Labute approximate surface area is 114 Å². The van der Waals surface area contributed by atoms with E-state index in [9.17, 15) is 8.42 Å². The topological polar surface area (TPSA) is 46.2 Å². The molecule has 2 atom stereocenters. The first kappa shape index (κ1) is 15.5. The zero-order chi connectivity index (χ0) is 13.8. The van der Waals surface area contributed by atoms with E-state index < -0.39 is 15.1 Å². The number of rotatable bonds is 6. The smallest absolute Gasteiger partial charge is 0.181 e. The van der Waals surface area contributed by atoms with Crippen molar-refractivity contribution in [2.45, 2.75) is 43.4 Å². The van der Waals surface area contributed by atoms with Gasteiger partial charge >= 0.3 is 0 Å². The Kier molecular flexibility index (Phi) is 5.63. The first-order chi connectivity index (χ1) is 8.37. The molecule has 0 saturated carbocycles. The predicted molar refractivity (Wildman–Crippen MR) is 75.9 cm³/mol. The Morgan fingerprint density at radius 1 is 1.33 bits per heavy atom. The van der Waals surface area contributed by atoms with Crippen LogP contribution < -0.4 is 5.32 Å². The highest BCUT2D eigenvalue weighted by molar-refractivity contribution is 7.92. The highest BCUT2D eigenvalue weighted by Crippen LogP contribution is 2.22. The van der Waals surface area contributed by atoms with Gasteiger partial charge in [-0.3, -0.25) is 0 Å². The van der Waals surface area contributed by atoms with Crippen LogP contribution in [0.1, 0.15) is 27.2 Å². The second-order valence-electron chi connectivity index (χ2n) is 4.51. The summed E-state index contributed by atoms with van der Waals surface area (Å²) in [5.74, 6) is 0. The van der Waals surface area contributed by atoms with E-state index in [1.165, 1.54) is 6.07 Å². The van der Waals surface area contributed by atoms with Gasteiger partial charge in [-0.15, -0.1) is 0 Å². The van der Waals surface area contributed by atoms with Crippen LogP contribution in [0.25, 0.3) is 0 Å². The minimum absolute atomic E-state index is 0.180. The minimum Gasteiger partial charge on any atom is -0.314 e. The van der Waals surface area contributed by atoms with Gasteiger partial charge in [0.2, 0.25) is 0 Å². The summed E-state index contributed by atoms with van der Waals surface area (Å²) in [7, 11) is -3.30. The third-order valence-corrected chi connectivity index (χ3v) is 5.29. The fraction of sp³-hybridized carbons (Fsp3) is 0.538. The molecule has 0 aliphatic carbocycles. The van der Waals surface area contributed by atoms with Crippen molar-refractivity contribution in [3.8, 4) is 0 Å². The van der Waals surface area contributed by atoms with Crippen molar-refractivity contribution < 1.29 is 8.42 Å². The molecule has 0 amide bonds. The van der Waals surface area contributed by atoms with E-state index in [0.29, 0.717) is 16.3 Å². The lowest BCUT2D eigenvalue weighted by Crippen LogP contribution is -2.32. The summed E-state index contributed by atoms with van der Waals surface area (Å²) in [5, 5.41) is 3.24. The van der Waals surface area contributed by atoms with E-state index in [2.05, 4.69) is 5.32 Å². The maximum atomic E-state index is 12.3. The monoisotopic (exact) mass is 289 g/mol. The lowest BCUT2D eigenvalue weighted by Gasteiger charge is -2.18. The van der Waals surface area contributed by atoms with Crippen LogP contribution in [0.3, 0.4) is 0 Å². The van der Waals surface area contributed by atoms with Crippen molar-refractivity contribution in [1.29, 1.82) is 0 Å². The van der Waals surface area contributed by atoms with Crippen molar-refractivity contribution in [2.24, 2.45) is 0 Å². The highest BCUT2D eigenvalue weighted by Gasteiger charge is 2.24. The van der Waals surface area contributed by atoms with E-state index in [4.69, 9.17) is 11.6 Å². The average molecular weight is 290 g/mol. The van der Waals surface area contributed by atoms with Gasteiger partial charge in [0.15, 0.2) is 9.84 Å². The Morgan fingerprint density at radius 2 is 2.00 bits per heavy atom. The quantitative estimate of drug-likeness (QED) is 0.876. The zero-order valence-corrected chi connectivity index (χ0v) is 12.6. The summed E-state index contributed by atoms with van der Waals surface area (Å²) in [6.07, 6.45) is 0.586. The van der Waals surface area contributed by atoms with Crippen LogP contribution in [-0.2, 0) is 9.84 Å². The number of hydrogen-bond acceptors (Lipinski definition) is 3. The minimum atomic E-state index is -3.30. The molecule has 0 radical (unpaired) electrons. The summed E-state index contributed by atoms with van der Waals surface area (Å²) in [4.78, 5) is 0.297. The Balaban J connectivity index is 2.86.